The van der Waals surface area contributed by atoms with E-state index in [0.29, 0.717) is 26.1 Å². The number of anilines is 1. The Balaban J connectivity index is 1.56. The molecule has 1 aliphatic rings. The lowest BCUT2D eigenvalue weighted by Gasteiger charge is -2.43. The smallest absolute Gasteiger partial charge is 0.222 e. The average Bonchev–Trinajstić information content (AvgIpc) is 2.77. The first-order valence-corrected chi connectivity index (χ1v) is 9.81. The number of rotatable bonds is 6. The largest absolute Gasteiger partial charge is 0.382 e. The molecule has 0 atom stereocenters. The van der Waals surface area contributed by atoms with Crippen LogP contribution in [-0.2, 0) is 10.2 Å². The number of piperidine rings is 1. The summed E-state index contributed by atoms with van der Waals surface area (Å²) >= 11 is 0. The molecule has 1 amide bonds. The summed E-state index contributed by atoms with van der Waals surface area (Å²) in [6.45, 7) is 2.08. The van der Waals surface area contributed by atoms with E-state index in [1.165, 1.54) is 11.1 Å². The van der Waals surface area contributed by atoms with Gasteiger partial charge in [-0.15, -0.1) is 0 Å². The van der Waals surface area contributed by atoms with E-state index in [1.54, 1.807) is 12.4 Å². The van der Waals surface area contributed by atoms with Crippen LogP contribution in [0.2, 0.25) is 0 Å². The number of likely N-dealkylation sites (tertiary alicyclic amines) is 1. The lowest BCUT2D eigenvalue weighted by Crippen LogP contribution is -2.50. The normalized spacial score (nSPS) is 16.0. The average molecular weight is 371 g/mol. The molecule has 1 N–H and O–H groups in total. The van der Waals surface area contributed by atoms with Gasteiger partial charge in [0.15, 0.2) is 0 Å². The maximum absolute atomic E-state index is 12.7. The Morgan fingerprint density at radius 1 is 0.929 bits per heavy atom. The highest BCUT2D eigenvalue weighted by Crippen LogP contribution is 2.40. The van der Waals surface area contributed by atoms with Crippen LogP contribution in [0.4, 0.5) is 5.69 Å². The molecule has 142 valence electrons. The van der Waals surface area contributed by atoms with E-state index in [1.807, 2.05) is 29.2 Å². The van der Waals surface area contributed by atoms with Gasteiger partial charge in [0.25, 0.3) is 0 Å². The fourth-order valence-electron chi connectivity index (χ4n) is 4.13. The minimum atomic E-state index is -0.162. The van der Waals surface area contributed by atoms with Gasteiger partial charge in [0.1, 0.15) is 0 Å². The number of hydrogen-bond donors (Lipinski definition) is 1. The minimum Gasteiger partial charge on any atom is -0.382 e. The van der Waals surface area contributed by atoms with Gasteiger partial charge in [-0.3, -0.25) is 9.78 Å². The van der Waals surface area contributed by atoms with Crippen LogP contribution in [0.5, 0.6) is 0 Å². The monoisotopic (exact) mass is 371 g/mol. The van der Waals surface area contributed by atoms with Crippen molar-refractivity contribution in [2.75, 3.05) is 25.0 Å². The Bertz CT molecular complexity index is 857. The summed E-state index contributed by atoms with van der Waals surface area (Å²) in [7, 11) is 0. The van der Waals surface area contributed by atoms with Crippen LogP contribution in [0.25, 0.3) is 0 Å². The molecular weight excluding hydrogens is 346 g/mol. The highest BCUT2D eigenvalue weighted by Gasteiger charge is 2.41. The van der Waals surface area contributed by atoms with Crippen molar-refractivity contribution < 1.29 is 4.79 Å². The molecule has 0 bridgehead atoms. The van der Waals surface area contributed by atoms with Gasteiger partial charge in [0.05, 0.1) is 5.69 Å². The summed E-state index contributed by atoms with van der Waals surface area (Å²) in [5.74, 6) is 0.232. The first-order valence-electron chi connectivity index (χ1n) is 9.81. The van der Waals surface area contributed by atoms with Crippen LogP contribution < -0.4 is 5.32 Å². The maximum Gasteiger partial charge on any atom is 0.222 e. The third-order valence-corrected chi connectivity index (χ3v) is 5.60. The summed E-state index contributed by atoms with van der Waals surface area (Å²) < 4.78 is 0. The Labute approximate surface area is 166 Å². The molecule has 3 aromatic rings. The second kappa shape index (κ2) is 8.26. The van der Waals surface area contributed by atoms with Crippen molar-refractivity contribution in [2.45, 2.75) is 18.3 Å². The van der Waals surface area contributed by atoms with Crippen molar-refractivity contribution in [3.8, 4) is 0 Å². The van der Waals surface area contributed by atoms with E-state index in [-0.39, 0.29) is 11.3 Å². The van der Waals surface area contributed by atoms with Gasteiger partial charge >= 0.3 is 0 Å². The highest BCUT2D eigenvalue weighted by atomic mass is 16.2. The SMILES string of the molecule is O=C1CCC(c2ccccc2)(c2ccccc2)CN1CCNc1cccnc1. The van der Waals surface area contributed by atoms with Crippen molar-refractivity contribution in [1.29, 1.82) is 0 Å². The molecule has 4 heteroatoms. The van der Waals surface area contributed by atoms with E-state index in [2.05, 4.69) is 58.8 Å². The number of nitrogens with zero attached hydrogens (tertiary/aromatic N) is 2. The van der Waals surface area contributed by atoms with Gasteiger partial charge in [0.2, 0.25) is 5.91 Å². The number of carbonyl (C=O) groups excluding carboxylic acids is 1. The maximum atomic E-state index is 12.7. The fourth-order valence-corrected chi connectivity index (χ4v) is 4.13. The van der Waals surface area contributed by atoms with Crippen molar-refractivity contribution in [1.82, 2.24) is 9.88 Å². The third kappa shape index (κ3) is 3.77. The summed E-state index contributed by atoms with van der Waals surface area (Å²) in [6, 6.07) is 25.1. The van der Waals surface area contributed by atoms with Crippen LogP contribution in [-0.4, -0.2) is 35.4 Å². The van der Waals surface area contributed by atoms with Crippen molar-refractivity contribution in [3.05, 3.63) is 96.3 Å². The van der Waals surface area contributed by atoms with Gasteiger partial charge in [-0.05, 0) is 29.7 Å². The molecule has 1 saturated heterocycles. The van der Waals surface area contributed by atoms with Crippen molar-refractivity contribution in [3.63, 3.8) is 0 Å². The first-order chi connectivity index (χ1) is 13.8. The lowest BCUT2D eigenvalue weighted by atomic mass is 9.69. The Kier molecular flexibility index (Phi) is 5.38. The van der Waals surface area contributed by atoms with E-state index >= 15 is 0 Å². The number of aromatic nitrogens is 1. The van der Waals surface area contributed by atoms with Crippen molar-refractivity contribution in [2.24, 2.45) is 0 Å². The molecule has 2 heterocycles. The zero-order chi connectivity index (χ0) is 19.2. The molecular formula is C24H25N3O. The second-order valence-electron chi connectivity index (χ2n) is 7.30. The number of hydrogen-bond acceptors (Lipinski definition) is 3. The number of amides is 1. The molecule has 0 unspecified atom stereocenters. The van der Waals surface area contributed by atoms with E-state index in [4.69, 9.17) is 0 Å². The van der Waals surface area contributed by atoms with Gasteiger partial charge in [0, 0.05) is 43.9 Å². The topological polar surface area (TPSA) is 45.2 Å². The standard InChI is InChI=1S/C24H25N3O/c28-23-13-14-24(20-8-3-1-4-9-20,21-10-5-2-6-11-21)19-27(23)17-16-26-22-12-7-15-25-18-22/h1-12,15,18,26H,13-14,16-17,19H2. The molecule has 0 spiro atoms. The molecule has 1 fully saturated rings. The molecule has 0 radical (unpaired) electrons. The van der Waals surface area contributed by atoms with Crippen LogP contribution in [0, 0.1) is 0 Å². The molecule has 1 aromatic heterocycles. The predicted molar refractivity (Wildman–Crippen MR) is 112 cm³/mol. The number of pyridine rings is 1. The Morgan fingerprint density at radius 2 is 1.61 bits per heavy atom. The lowest BCUT2D eigenvalue weighted by molar-refractivity contribution is -0.134. The number of nitrogens with one attached hydrogen (secondary N) is 1. The Morgan fingerprint density at radius 3 is 2.21 bits per heavy atom. The molecule has 4 nitrogen and oxygen atoms in total. The van der Waals surface area contributed by atoms with E-state index in [9.17, 15) is 4.79 Å². The minimum absolute atomic E-state index is 0.162. The highest BCUT2D eigenvalue weighted by molar-refractivity contribution is 5.78. The molecule has 1 aliphatic heterocycles. The second-order valence-corrected chi connectivity index (χ2v) is 7.30. The predicted octanol–water partition coefficient (Wildman–Crippen LogP) is 4.10. The van der Waals surface area contributed by atoms with Crippen LogP contribution in [0.15, 0.2) is 85.2 Å². The summed E-state index contributed by atoms with van der Waals surface area (Å²) in [4.78, 5) is 18.8. The third-order valence-electron chi connectivity index (χ3n) is 5.60. The van der Waals surface area contributed by atoms with Crippen LogP contribution >= 0.6 is 0 Å². The molecule has 28 heavy (non-hydrogen) atoms. The van der Waals surface area contributed by atoms with Gasteiger partial charge in [-0.1, -0.05) is 60.7 Å². The van der Waals surface area contributed by atoms with Crippen LogP contribution in [0.1, 0.15) is 24.0 Å². The van der Waals surface area contributed by atoms with Crippen molar-refractivity contribution >= 4 is 11.6 Å². The molecule has 0 aliphatic carbocycles. The van der Waals surface area contributed by atoms with E-state index < -0.39 is 0 Å². The number of benzene rings is 2. The zero-order valence-electron chi connectivity index (χ0n) is 15.9. The first kappa shape index (κ1) is 18.2. The number of carbonyl (C=O) groups is 1. The van der Waals surface area contributed by atoms with Crippen LogP contribution in [0.3, 0.4) is 0 Å². The fraction of sp³-hybridized carbons (Fsp3) is 0.250. The molecule has 4 rings (SSSR count). The summed E-state index contributed by atoms with van der Waals surface area (Å²) in [6.07, 6.45) is 4.97. The molecule has 2 aromatic carbocycles. The summed E-state index contributed by atoms with van der Waals surface area (Å²) in [5.41, 5.74) is 3.37. The van der Waals surface area contributed by atoms with E-state index in [0.717, 1.165) is 12.1 Å². The summed E-state index contributed by atoms with van der Waals surface area (Å²) in [5, 5.41) is 3.36. The van der Waals surface area contributed by atoms with Gasteiger partial charge in [-0.25, -0.2) is 0 Å². The molecule has 0 saturated carbocycles. The zero-order valence-corrected chi connectivity index (χ0v) is 15.9. The quantitative estimate of drug-likeness (QED) is 0.709. The Hall–Kier alpha value is -3.14. The van der Waals surface area contributed by atoms with Gasteiger partial charge in [-0.2, -0.15) is 0 Å². The van der Waals surface area contributed by atoms with Gasteiger partial charge < -0.3 is 10.2 Å².